The molecular formula is C27H32FN3O4S2. The van der Waals surface area contributed by atoms with Gasteiger partial charge < -0.3 is 9.64 Å². The number of carbonyl (C=O) groups excluding carboxylic acids is 1. The average molecular weight is 546 g/mol. The van der Waals surface area contributed by atoms with E-state index in [0.29, 0.717) is 11.6 Å². The van der Waals surface area contributed by atoms with Gasteiger partial charge in [0.2, 0.25) is 9.84 Å². The molecular weight excluding hydrogens is 513 g/mol. The first-order valence-corrected chi connectivity index (χ1v) is 14.5. The van der Waals surface area contributed by atoms with E-state index < -0.39 is 27.3 Å². The van der Waals surface area contributed by atoms with Crippen LogP contribution in [-0.4, -0.2) is 55.0 Å². The number of nitrogens with zero attached hydrogens (tertiary/aromatic N) is 3. The van der Waals surface area contributed by atoms with Crippen molar-refractivity contribution in [1.82, 2.24) is 14.8 Å². The van der Waals surface area contributed by atoms with Crippen molar-refractivity contribution >= 4 is 27.3 Å². The number of sulfone groups is 1. The van der Waals surface area contributed by atoms with Crippen LogP contribution in [0.3, 0.4) is 0 Å². The summed E-state index contributed by atoms with van der Waals surface area (Å²) in [5.74, 6) is -0.570. The molecule has 0 atom stereocenters. The van der Waals surface area contributed by atoms with E-state index in [1.54, 1.807) is 58.2 Å². The molecule has 0 saturated carbocycles. The van der Waals surface area contributed by atoms with Gasteiger partial charge in [0.1, 0.15) is 22.1 Å². The molecule has 0 bridgehead atoms. The van der Waals surface area contributed by atoms with Crippen LogP contribution in [0.5, 0.6) is 0 Å². The van der Waals surface area contributed by atoms with Crippen LogP contribution in [0.1, 0.15) is 44.2 Å². The molecule has 2 aromatic carbocycles. The van der Waals surface area contributed by atoms with Gasteiger partial charge >= 0.3 is 6.09 Å². The van der Waals surface area contributed by atoms with E-state index in [4.69, 9.17) is 4.74 Å². The number of amides is 1. The van der Waals surface area contributed by atoms with Gasteiger partial charge in [-0.3, -0.25) is 4.90 Å². The Morgan fingerprint density at radius 1 is 1.14 bits per heavy atom. The second-order valence-electron chi connectivity index (χ2n) is 10.2. The third-order valence-electron chi connectivity index (χ3n) is 5.90. The van der Waals surface area contributed by atoms with Gasteiger partial charge in [0.15, 0.2) is 4.21 Å². The summed E-state index contributed by atoms with van der Waals surface area (Å²) in [6.07, 6.45) is 1.73. The SMILES string of the molecule is CN(Cc1nc(-c2ccccc2F)c(S(=O)(=O)c2cccc(CN3CCCC3)c2)s1)C(=O)OC(C)(C)C. The molecule has 2 heterocycles. The van der Waals surface area contributed by atoms with Crippen LogP contribution in [0.25, 0.3) is 11.3 Å². The predicted octanol–water partition coefficient (Wildman–Crippen LogP) is 5.74. The van der Waals surface area contributed by atoms with E-state index >= 15 is 0 Å². The molecule has 10 heteroatoms. The van der Waals surface area contributed by atoms with E-state index in [1.807, 2.05) is 6.07 Å². The first-order valence-electron chi connectivity index (χ1n) is 12.2. The number of halogens is 1. The number of benzene rings is 2. The van der Waals surface area contributed by atoms with E-state index in [-0.39, 0.29) is 26.9 Å². The van der Waals surface area contributed by atoms with Crippen molar-refractivity contribution in [2.24, 2.45) is 0 Å². The molecule has 3 aromatic rings. The maximum atomic E-state index is 14.8. The van der Waals surface area contributed by atoms with E-state index in [0.717, 1.165) is 42.8 Å². The van der Waals surface area contributed by atoms with Crippen molar-refractivity contribution in [3.8, 4) is 11.3 Å². The molecule has 1 aliphatic rings. The standard InChI is InChI=1S/C27H32FN3O4S2/c1-27(2,3)35-26(32)30(4)18-23-29-24(21-12-5-6-13-22(21)28)25(36-23)37(33,34)20-11-9-10-19(16-20)17-31-14-7-8-15-31/h5-6,9-13,16H,7-8,14-15,17-18H2,1-4H3. The fraction of sp³-hybridized carbons (Fsp3) is 0.407. The van der Waals surface area contributed by atoms with E-state index in [1.165, 1.54) is 17.0 Å². The van der Waals surface area contributed by atoms with Crippen molar-refractivity contribution in [1.29, 1.82) is 0 Å². The smallest absolute Gasteiger partial charge is 0.410 e. The normalized spacial score (nSPS) is 14.6. The van der Waals surface area contributed by atoms with Crippen LogP contribution in [0.15, 0.2) is 57.6 Å². The molecule has 0 spiro atoms. The van der Waals surface area contributed by atoms with Gasteiger partial charge in [0.25, 0.3) is 0 Å². The van der Waals surface area contributed by atoms with Gasteiger partial charge in [0, 0.05) is 19.2 Å². The summed E-state index contributed by atoms with van der Waals surface area (Å²) in [5, 5.41) is 0.360. The third kappa shape index (κ3) is 6.55. The molecule has 4 rings (SSSR count). The Balaban J connectivity index is 1.71. The lowest BCUT2D eigenvalue weighted by Crippen LogP contribution is -2.33. The van der Waals surface area contributed by atoms with Gasteiger partial charge in [-0.15, -0.1) is 11.3 Å². The summed E-state index contributed by atoms with van der Waals surface area (Å²) >= 11 is 0.942. The van der Waals surface area contributed by atoms with E-state index in [9.17, 15) is 17.6 Å². The summed E-state index contributed by atoms with van der Waals surface area (Å²) in [4.78, 5) is 20.7. The second-order valence-corrected chi connectivity index (χ2v) is 13.4. The zero-order valence-electron chi connectivity index (χ0n) is 21.5. The number of aromatic nitrogens is 1. The van der Waals surface area contributed by atoms with Gasteiger partial charge in [0.05, 0.1) is 11.4 Å². The molecule has 37 heavy (non-hydrogen) atoms. The average Bonchev–Trinajstić information content (AvgIpc) is 3.49. The lowest BCUT2D eigenvalue weighted by atomic mass is 10.1. The minimum Gasteiger partial charge on any atom is -0.444 e. The predicted molar refractivity (Wildman–Crippen MR) is 142 cm³/mol. The van der Waals surface area contributed by atoms with Crippen LogP contribution >= 0.6 is 11.3 Å². The lowest BCUT2D eigenvalue weighted by molar-refractivity contribution is 0.0285. The fourth-order valence-corrected chi connectivity index (χ4v) is 7.21. The van der Waals surface area contributed by atoms with Crippen molar-refractivity contribution in [3.63, 3.8) is 0 Å². The minimum absolute atomic E-state index is 0.0194. The number of hydrogen-bond donors (Lipinski definition) is 0. The van der Waals surface area contributed by atoms with Crippen LogP contribution in [0.4, 0.5) is 9.18 Å². The summed E-state index contributed by atoms with van der Waals surface area (Å²) in [6, 6.07) is 12.9. The Bertz CT molecular complexity index is 1380. The van der Waals surface area contributed by atoms with Crippen LogP contribution in [0.2, 0.25) is 0 Å². The van der Waals surface area contributed by atoms with Gasteiger partial charge in [-0.1, -0.05) is 24.3 Å². The van der Waals surface area contributed by atoms with Crippen LogP contribution < -0.4 is 0 Å². The second kappa shape index (κ2) is 10.9. The third-order valence-corrected chi connectivity index (χ3v) is 9.20. The minimum atomic E-state index is -4.02. The number of hydrogen-bond acceptors (Lipinski definition) is 7. The summed E-state index contributed by atoms with van der Waals surface area (Å²) in [7, 11) is -2.47. The van der Waals surface area contributed by atoms with Crippen molar-refractivity contribution in [2.45, 2.75) is 61.4 Å². The topological polar surface area (TPSA) is 79.8 Å². The summed E-state index contributed by atoms with van der Waals surface area (Å²) in [6.45, 7) is 7.99. The molecule has 198 valence electrons. The van der Waals surface area contributed by atoms with Crippen LogP contribution in [-0.2, 0) is 27.7 Å². The monoisotopic (exact) mass is 545 g/mol. The number of likely N-dealkylation sites (tertiary alicyclic amines) is 1. The van der Waals surface area contributed by atoms with Gasteiger partial charge in [-0.2, -0.15) is 0 Å². The first kappa shape index (κ1) is 27.2. The molecule has 1 fully saturated rings. The van der Waals surface area contributed by atoms with Crippen molar-refractivity contribution < 1.29 is 22.3 Å². The maximum Gasteiger partial charge on any atom is 0.410 e. The molecule has 0 N–H and O–H groups in total. The molecule has 1 aromatic heterocycles. The Morgan fingerprint density at radius 2 is 1.84 bits per heavy atom. The van der Waals surface area contributed by atoms with Crippen LogP contribution in [0, 0.1) is 5.82 Å². The Morgan fingerprint density at radius 3 is 2.51 bits per heavy atom. The molecule has 1 amide bonds. The van der Waals surface area contributed by atoms with E-state index in [2.05, 4.69) is 9.88 Å². The highest BCUT2D eigenvalue weighted by Crippen LogP contribution is 2.37. The Hall–Kier alpha value is -2.82. The van der Waals surface area contributed by atoms with Crippen molar-refractivity contribution in [2.75, 3.05) is 20.1 Å². The highest BCUT2D eigenvalue weighted by molar-refractivity contribution is 7.93. The molecule has 1 aliphatic heterocycles. The highest BCUT2D eigenvalue weighted by atomic mass is 32.2. The number of ether oxygens (including phenoxy) is 1. The molecule has 0 aliphatic carbocycles. The molecule has 1 saturated heterocycles. The van der Waals surface area contributed by atoms with Gasteiger partial charge in [-0.25, -0.2) is 22.6 Å². The molecule has 0 radical (unpaired) electrons. The molecule has 0 unspecified atom stereocenters. The maximum absolute atomic E-state index is 14.8. The number of carbonyl (C=O) groups is 1. The highest BCUT2D eigenvalue weighted by Gasteiger charge is 2.30. The molecule has 7 nitrogen and oxygen atoms in total. The summed E-state index contributed by atoms with van der Waals surface area (Å²) < 4.78 is 47.9. The first-order chi connectivity index (χ1) is 17.4. The zero-order valence-corrected chi connectivity index (χ0v) is 23.2. The van der Waals surface area contributed by atoms with Crippen molar-refractivity contribution in [3.05, 3.63) is 64.9 Å². The number of rotatable bonds is 7. The largest absolute Gasteiger partial charge is 0.444 e. The van der Waals surface area contributed by atoms with Gasteiger partial charge in [-0.05, 0) is 76.5 Å². The lowest BCUT2D eigenvalue weighted by Gasteiger charge is -2.24. The number of thiazole rings is 1. The fourth-order valence-electron chi connectivity index (χ4n) is 4.15. The quantitative estimate of drug-likeness (QED) is 0.376. The Labute approximate surface area is 221 Å². The zero-order chi connectivity index (χ0) is 26.8. The summed E-state index contributed by atoms with van der Waals surface area (Å²) in [5.41, 5.74) is 0.364. The Kier molecular flexibility index (Phi) is 8.01.